The fourth-order valence-corrected chi connectivity index (χ4v) is 2.01. The Hall–Kier alpha value is -0.210. The van der Waals surface area contributed by atoms with Crippen molar-refractivity contribution in [2.24, 2.45) is 0 Å². The van der Waals surface area contributed by atoms with Crippen LogP contribution in [0, 0.1) is 6.92 Å². The third-order valence-electron chi connectivity index (χ3n) is 1.39. The van der Waals surface area contributed by atoms with Crippen LogP contribution in [0.25, 0.3) is 0 Å². The molecule has 0 aliphatic heterocycles. The highest BCUT2D eigenvalue weighted by atomic mass is 35.5. The Morgan fingerprint density at radius 1 is 1.50 bits per heavy atom. The molecule has 0 fully saturated rings. The smallest absolute Gasteiger partial charge is 0.0754 e. The summed E-state index contributed by atoms with van der Waals surface area (Å²) < 4.78 is 0. The molecule has 0 amide bonds. The second kappa shape index (κ2) is 4.15. The molecule has 0 aliphatic carbocycles. The van der Waals surface area contributed by atoms with Gasteiger partial charge in [0.2, 0.25) is 0 Å². The van der Waals surface area contributed by atoms with Crippen molar-refractivity contribution in [3.8, 4) is 0 Å². The van der Waals surface area contributed by atoms with Crippen molar-refractivity contribution in [2.45, 2.75) is 30.9 Å². The number of thioether (sulfide) groups is 1. The Labute approximate surface area is 82.5 Å². The van der Waals surface area contributed by atoms with E-state index < -0.39 is 0 Å². The highest BCUT2D eigenvalue weighted by molar-refractivity contribution is 8.00. The average Bonchev–Trinajstić information content (AvgIpc) is 1.98. The van der Waals surface area contributed by atoms with E-state index in [1.165, 1.54) is 0 Å². The molecule has 0 atom stereocenters. The van der Waals surface area contributed by atoms with Crippen LogP contribution in [0.2, 0.25) is 5.02 Å². The molecule has 0 saturated heterocycles. The molecule has 1 aromatic rings. The monoisotopic (exact) mass is 201 g/mol. The molecule has 1 heterocycles. The van der Waals surface area contributed by atoms with Gasteiger partial charge in [0.25, 0.3) is 0 Å². The lowest BCUT2D eigenvalue weighted by Crippen LogP contribution is -1.89. The lowest BCUT2D eigenvalue weighted by Gasteiger charge is -2.07. The van der Waals surface area contributed by atoms with Gasteiger partial charge in [-0.05, 0) is 13.0 Å². The predicted octanol–water partition coefficient (Wildman–Crippen LogP) is 3.54. The van der Waals surface area contributed by atoms with Crippen molar-refractivity contribution >= 4 is 23.4 Å². The van der Waals surface area contributed by atoms with E-state index in [9.17, 15) is 0 Å². The van der Waals surface area contributed by atoms with E-state index in [1.54, 1.807) is 18.0 Å². The third kappa shape index (κ3) is 2.39. The van der Waals surface area contributed by atoms with Crippen LogP contribution in [0.1, 0.15) is 19.5 Å². The first-order valence-corrected chi connectivity index (χ1v) is 5.14. The van der Waals surface area contributed by atoms with Gasteiger partial charge in [-0.3, -0.25) is 4.98 Å². The molecular formula is C9H12ClNS. The molecule has 0 saturated carbocycles. The first-order valence-electron chi connectivity index (χ1n) is 3.89. The van der Waals surface area contributed by atoms with Crippen molar-refractivity contribution in [1.29, 1.82) is 0 Å². The summed E-state index contributed by atoms with van der Waals surface area (Å²) in [5.41, 5.74) is 0.905. The first kappa shape index (κ1) is 9.87. The van der Waals surface area contributed by atoms with Crippen molar-refractivity contribution in [1.82, 2.24) is 4.98 Å². The fourth-order valence-electron chi connectivity index (χ4n) is 0.870. The number of rotatable bonds is 2. The van der Waals surface area contributed by atoms with E-state index in [4.69, 9.17) is 11.6 Å². The predicted molar refractivity (Wildman–Crippen MR) is 55.0 cm³/mol. The maximum absolute atomic E-state index is 6.05. The maximum Gasteiger partial charge on any atom is 0.0754 e. The summed E-state index contributed by atoms with van der Waals surface area (Å²) in [7, 11) is 0. The van der Waals surface area contributed by atoms with Gasteiger partial charge in [0.15, 0.2) is 0 Å². The van der Waals surface area contributed by atoms with Gasteiger partial charge in [0.05, 0.1) is 10.7 Å². The van der Waals surface area contributed by atoms with Gasteiger partial charge in [-0.1, -0.05) is 25.4 Å². The van der Waals surface area contributed by atoms with Gasteiger partial charge in [-0.15, -0.1) is 11.8 Å². The minimum absolute atomic E-state index is 0.560. The summed E-state index contributed by atoms with van der Waals surface area (Å²) in [6.45, 7) is 6.22. The van der Waals surface area contributed by atoms with Crippen LogP contribution < -0.4 is 0 Å². The number of aryl methyl sites for hydroxylation is 1. The molecule has 0 aromatic carbocycles. The SMILES string of the molecule is Cc1nccc(SC(C)C)c1Cl. The van der Waals surface area contributed by atoms with E-state index >= 15 is 0 Å². The normalized spacial score (nSPS) is 10.8. The summed E-state index contributed by atoms with van der Waals surface area (Å²) in [5, 5.41) is 1.35. The zero-order valence-electron chi connectivity index (χ0n) is 7.47. The van der Waals surface area contributed by atoms with Crippen molar-refractivity contribution < 1.29 is 0 Å². The zero-order chi connectivity index (χ0) is 9.14. The average molecular weight is 202 g/mol. The van der Waals surface area contributed by atoms with Crippen molar-refractivity contribution in [2.75, 3.05) is 0 Å². The number of hydrogen-bond donors (Lipinski definition) is 0. The summed E-state index contributed by atoms with van der Waals surface area (Å²) in [4.78, 5) is 5.23. The third-order valence-corrected chi connectivity index (χ3v) is 3.05. The van der Waals surface area contributed by atoms with Gasteiger partial charge in [0, 0.05) is 16.3 Å². The highest BCUT2D eigenvalue weighted by Gasteiger charge is 2.05. The molecule has 0 radical (unpaired) electrons. The molecule has 1 aromatic heterocycles. The van der Waals surface area contributed by atoms with Crippen LogP contribution in [-0.4, -0.2) is 10.2 Å². The van der Waals surface area contributed by atoms with Crippen molar-refractivity contribution in [3.05, 3.63) is 23.0 Å². The quantitative estimate of drug-likeness (QED) is 0.679. The first-order chi connectivity index (χ1) is 5.61. The molecule has 0 bridgehead atoms. The molecule has 12 heavy (non-hydrogen) atoms. The fraction of sp³-hybridized carbons (Fsp3) is 0.444. The standard InChI is InChI=1S/C9H12ClNS/c1-6(2)12-8-4-5-11-7(3)9(8)10/h4-6H,1-3H3. The van der Waals surface area contributed by atoms with E-state index in [2.05, 4.69) is 18.8 Å². The van der Waals surface area contributed by atoms with Gasteiger partial charge < -0.3 is 0 Å². The van der Waals surface area contributed by atoms with Gasteiger partial charge in [0.1, 0.15) is 0 Å². The van der Waals surface area contributed by atoms with Crippen LogP contribution in [0.3, 0.4) is 0 Å². The van der Waals surface area contributed by atoms with Crippen LogP contribution >= 0.6 is 23.4 Å². The second-order valence-electron chi connectivity index (χ2n) is 2.88. The maximum atomic E-state index is 6.05. The van der Waals surface area contributed by atoms with Crippen LogP contribution in [-0.2, 0) is 0 Å². The second-order valence-corrected chi connectivity index (χ2v) is 4.87. The Morgan fingerprint density at radius 2 is 2.17 bits per heavy atom. The summed E-state index contributed by atoms with van der Waals surface area (Å²) >= 11 is 7.82. The minimum Gasteiger partial charge on any atom is -0.260 e. The van der Waals surface area contributed by atoms with E-state index in [-0.39, 0.29) is 0 Å². The van der Waals surface area contributed by atoms with Gasteiger partial charge in [-0.2, -0.15) is 0 Å². The van der Waals surface area contributed by atoms with E-state index in [0.29, 0.717) is 5.25 Å². The van der Waals surface area contributed by atoms with Gasteiger partial charge in [-0.25, -0.2) is 0 Å². The molecule has 0 unspecified atom stereocenters. The highest BCUT2D eigenvalue weighted by Crippen LogP contribution is 2.30. The zero-order valence-corrected chi connectivity index (χ0v) is 9.04. The molecule has 1 nitrogen and oxygen atoms in total. The van der Waals surface area contributed by atoms with E-state index in [1.807, 2.05) is 13.0 Å². The minimum atomic E-state index is 0.560. The Bertz CT molecular complexity index is 273. The largest absolute Gasteiger partial charge is 0.260 e. The lowest BCUT2D eigenvalue weighted by molar-refractivity contribution is 1.10. The molecule has 1 rings (SSSR count). The van der Waals surface area contributed by atoms with Crippen LogP contribution in [0.5, 0.6) is 0 Å². The van der Waals surface area contributed by atoms with Gasteiger partial charge >= 0.3 is 0 Å². The van der Waals surface area contributed by atoms with Crippen molar-refractivity contribution in [3.63, 3.8) is 0 Å². The summed E-state index contributed by atoms with van der Waals surface area (Å²) in [6, 6.07) is 1.96. The topological polar surface area (TPSA) is 12.9 Å². The number of aromatic nitrogens is 1. The molecule has 0 spiro atoms. The molecule has 0 N–H and O–H groups in total. The Morgan fingerprint density at radius 3 is 2.75 bits per heavy atom. The number of nitrogens with zero attached hydrogens (tertiary/aromatic N) is 1. The van der Waals surface area contributed by atoms with Crippen LogP contribution in [0.4, 0.5) is 0 Å². The molecule has 0 aliphatic rings. The molecular weight excluding hydrogens is 190 g/mol. The Balaban J connectivity index is 2.92. The summed E-state index contributed by atoms with van der Waals surface area (Å²) in [6.07, 6.45) is 1.80. The Kier molecular flexibility index (Phi) is 3.41. The van der Waals surface area contributed by atoms with Crippen LogP contribution in [0.15, 0.2) is 17.2 Å². The molecule has 3 heteroatoms. The number of pyridine rings is 1. The number of halogens is 1. The molecule has 66 valence electrons. The summed E-state index contributed by atoms with van der Waals surface area (Å²) in [5.74, 6) is 0. The number of hydrogen-bond acceptors (Lipinski definition) is 2. The lowest BCUT2D eigenvalue weighted by atomic mass is 10.4. The van der Waals surface area contributed by atoms with E-state index in [0.717, 1.165) is 15.6 Å².